The van der Waals surface area contributed by atoms with Crippen molar-refractivity contribution in [3.63, 3.8) is 0 Å². The number of urea groups is 2. The van der Waals surface area contributed by atoms with Crippen molar-refractivity contribution < 1.29 is 9.59 Å². The average molecular weight is 308 g/mol. The number of aromatic nitrogens is 4. The lowest BCUT2D eigenvalue weighted by atomic mass is 10.6. The van der Waals surface area contributed by atoms with Gasteiger partial charge < -0.3 is 16.5 Å². The predicted octanol–water partition coefficient (Wildman–Crippen LogP) is -1.48. The Labute approximate surface area is 122 Å². The number of primary amides is 2. The number of anilines is 2. The minimum Gasteiger partial charge on any atom is -0.351 e. The summed E-state index contributed by atoms with van der Waals surface area (Å²) >= 11 is 0. The number of rotatable bonds is 2. The Morgan fingerprint density at radius 2 is 1.68 bits per heavy atom. The van der Waals surface area contributed by atoms with E-state index < -0.39 is 17.6 Å². The van der Waals surface area contributed by atoms with Gasteiger partial charge in [-0.05, 0) is 0 Å². The number of H-pyrrole nitrogens is 2. The van der Waals surface area contributed by atoms with Crippen LogP contribution in [0.25, 0.3) is 0 Å². The van der Waals surface area contributed by atoms with Gasteiger partial charge in [-0.2, -0.15) is 4.98 Å². The number of carbonyl (C=O) groups is 2. The molecule has 0 bridgehead atoms. The summed E-state index contributed by atoms with van der Waals surface area (Å²) in [7, 11) is 0. The van der Waals surface area contributed by atoms with E-state index in [0.29, 0.717) is 0 Å². The van der Waals surface area contributed by atoms with Crippen LogP contribution in [0, 0.1) is 0 Å². The summed E-state index contributed by atoms with van der Waals surface area (Å²) in [6, 6.07) is 0.928. The molecule has 12 nitrogen and oxygen atoms in total. The van der Waals surface area contributed by atoms with E-state index in [1.165, 1.54) is 24.5 Å². The number of nitrogens with two attached hydrogens (primary N) is 2. The highest BCUT2D eigenvalue weighted by atomic mass is 16.2. The number of carbonyl (C=O) groups excluding carboxylic acids is 2. The van der Waals surface area contributed by atoms with E-state index in [1.54, 1.807) is 0 Å². The van der Waals surface area contributed by atoms with Gasteiger partial charge in [0.25, 0.3) is 11.1 Å². The Balaban J connectivity index is 0.000000220. The Kier molecular flexibility index (Phi) is 5.79. The molecular weight excluding hydrogens is 296 g/mol. The second-order valence-corrected chi connectivity index (χ2v) is 3.54. The third-order valence-corrected chi connectivity index (χ3v) is 1.82. The van der Waals surface area contributed by atoms with Crippen LogP contribution in [0.15, 0.2) is 34.1 Å². The maximum Gasteiger partial charge on any atom is 0.318 e. The fourth-order valence-corrected chi connectivity index (χ4v) is 1.10. The van der Waals surface area contributed by atoms with E-state index >= 15 is 0 Å². The molecule has 0 aliphatic carbocycles. The number of nitrogens with zero attached hydrogens (tertiary/aromatic N) is 2. The van der Waals surface area contributed by atoms with Crippen molar-refractivity contribution >= 4 is 24.0 Å². The first kappa shape index (κ1) is 16.4. The Bertz CT molecular complexity index is 702. The van der Waals surface area contributed by atoms with Crippen molar-refractivity contribution in [2.45, 2.75) is 0 Å². The van der Waals surface area contributed by atoms with Gasteiger partial charge in [0.15, 0.2) is 0 Å². The molecular formula is C10H12N8O4. The third-order valence-electron chi connectivity index (χ3n) is 1.82. The highest BCUT2D eigenvalue weighted by Gasteiger charge is 1.96. The van der Waals surface area contributed by atoms with Gasteiger partial charge in [0.2, 0.25) is 11.9 Å². The molecule has 2 heterocycles. The standard InChI is InChI=1S/2C5H6N4O2/c2*6-4(11)9-5-7-2-1-3(10)8-5/h2*1-2H,(H4,6,7,8,9,10,11). The van der Waals surface area contributed by atoms with Crippen LogP contribution in [0.1, 0.15) is 0 Å². The Morgan fingerprint density at radius 3 is 2.23 bits per heavy atom. The number of nitrogens with one attached hydrogen (secondary N) is 4. The van der Waals surface area contributed by atoms with Crippen LogP contribution >= 0.6 is 0 Å². The second kappa shape index (κ2) is 7.78. The fraction of sp³-hybridized carbons (Fsp3) is 0. The molecule has 0 aromatic carbocycles. The molecule has 0 spiro atoms. The van der Waals surface area contributed by atoms with Crippen LogP contribution < -0.4 is 33.2 Å². The Hall–Kier alpha value is -3.70. The van der Waals surface area contributed by atoms with Gasteiger partial charge in [0, 0.05) is 24.5 Å². The molecule has 2 aromatic rings. The highest BCUT2D eigenvalue weighted by Crippen LogP contribution is 1.88. The summed E-state index contributed by atoms with van der Waals surface area (Å²) in [5, 5.41) is 4.24. The minimum absolute atomic E-state index is 0.0463. The van der Waals surface area contributed by atoms with Crippen molar-refractivity contribution in [3.05, 3.63) is 45.2 Å². The summed E-state index contributed by atoms with van der Waals surface area (Å²) < 4.78 is 0. The summed E-state index contributed by atoms with van der Waals surface area (Å²) in [4.78, 5) is 53.4. The molecule has 8 N–H and O–H groups in total. The summed E-state index contributed by atoms with van der Waals surface area (Å²) in [6.45, 7) is 0. The van der Waals surface area contributed by atoms with E-state index in [9.17, 15) is 19.2 Å². The zero-order valence-corrected chi connectivity index (χ0v) is 11.0. The molecule has 0 fully saturated rings. The zero-order chi connectivity index (χ0) is 16.5. The van der Waals surface area contributed by atoms with Gasteiger partial charge in [0.1, 0.15) is 0 Å². The maximum atomic E-state index is 10.6. The van der Waals surface area contributed by atoms with E-state index in [4.69, 9.17) is 11.5 Å². The molecule has 0 atom stereocenters. The van der Waals surface area contributed by atoms with Crippen molar-refractivity contribution in [2.75, 3.05) is 10.6 Å². The predicted molar refractivity (Wildman–Crippen MR) is 76.1 cm³/mol. The number of hydrogen-bond acceptors (Lipinski definition) is 6. The quantitative estimate of drug-likeness (QED) is 0.390. The molecule has 22 heavy (non-hydrogen) atoms. The molecule has 0 saturated heterocycles. The largest absolute Gasteiger partial charge is 0.351 e. The molecule has 0 unspecified atom stereocenters. The second-order valence-electron chi connectivity index (χ2n) is 3.54. The molecule has 116 valence electrons. The molecule has 0 radical (unpaired) electrons. The summed E-state index contributed by atoms with van der Waals surface area (Å²) in [5.74, 6) is 0.0926. The summed E-state index contributed by atoms with van der Waals surface area (Å²) in [5.41, 5.74) is 8.74. The van der Waals surface area contributed by atoms with Crippen LogP contribution in [0.4, 0.5) is 21.5 Å². The van der Waals surface area contributed by atoms with Crippen LogP contribution in [0.2, 0.25) is 0 Å². The van der Waals surface area contributed by atoms with Gasteiger partial charge in [-0.15, -0.1) is 0 Å². The van der Waals surface area contributed by atoms with Crippen LogP contribution in [-0.2, 0) is 0 Å². The average Bonchev–Trinajstić information content (AvgIpc) is 2.37. The first-order chi connectivity index (χ1) is 10.4. The van der Waals surface area contributed by atoms with Gasteiger partial charge in [-0.3, -0.25) is 25.2 Å². The molecule has 2 aromatic heterocycles. The van der Waals surface area contributed by atoms with Gasteiger partial charge in [-0.25, -0.2) is 14.6 Å². The van der Waals surface area contributed by atoms with E-state index in [-0.39, 0.29) is 17.5 Å². The summed E-state index contributed by atoms with van der Waals surface area (Å²) in [6.07, 6.45) is 2.63. The smallest absolute Gasteiger partial charge is 0.318 e. The van der Waals surface area contributed by atoms with Crippen molar-refractivity contribution in [1.29, 1.82) is 0 Å². The van der Waals surface area contributed by atoms with Gasteiger partial charge in [0.05, 0.1) is 0 Å². The van der Waals surface area contributed by atoms with Crippen molar-refractivity contribution in [1.82, 2.24) is 19.9 Å². The lowest BCUT2D eigenvalue weighted by Gasteiger charge is -1.96. The van der Waals surface area contributed by atoms with Crippen molar-refractivity contribution in [2.24, 2.45) is 11.5 Å². The number of amides is 4. The fourth-order valence-electron chi connectivity index (χ4n) is 1.10. The first-order valence-electron chi connectivity index (χ1n) is 5.61. The normalized spacial score (nSPS) is 9.09. The van der Waals surface area contributed by atoms with Gasteiger partial charge >= 0.3 is 12.1 Å². The van der Waals surface area contributed by atoms with Crippen LogP contribution in [-0.4, -0.2) is 32.0 Å². The molecule has 12 heteroatoms. The van der Waals surface area contributed by atoms with E-state index in [0.717, 1.165) is 0 Å². The maximum absolute atomic E-state index is 10.6. The Morgan fingerprint density at radius 1 is 1.05 bits per heavy atom. The SMILES string of the molecule is NC(=O)Nc1nc(=O)cc[nH]1.NC(=O)Nc1nccc(=O)[nH]1. The number of hydrogen-bond donors (Lipinski definition) is 6. The first-order valence-corrected chi connectivity index (χ1v) is 5.61. The molecule has 0 aliphatic heterocycles. The number of aromatic amines is 2. The lowest BCUT2D eigenvalue weighted by molar-refractivity contribution is 0.258. The molecule has 2 rings (SSSR count). The van der Waals surface area contributed by atoms with E-state index in [2.05, 4.69) is 30.6 Å². The zero-order valence-electron chi connectivity index (χ0n) is 11.0. The molecule has 0 saturated carbocycles. The lowest BCUT2D eigenvalue weighted by Crippen LogP contribution is -2.22. The van der Waals surface area contributed by atoms with E-state index in [1.807, 2.05) is 0 Å². The van der Waals surface area contributed by atoms with Crippen LogP contribution in [0.5, 0.6) is 0 Å². The highest BCUT2D eigenvalue weighted by molar-refractivity contribution is 5.85. The van der Waals surface area contributed by atoms with Crippen LogP contribution in [0.3, 0.4) is 0 Å². The topological polar surface area (TPSA) is 202 Å². The third kappa shape index (κ3) is 6.46. The van der Waals surface area contributed by atoms with Gasteiger partial charge in [-0.1, -0.05) is 0 Å². The van der Waals surface area contributed by atoms with Crippen molar-refractivity contribution in [3.8, 4) is 0 Å². The molecule has 0 aliphatic rings. The monoisotopic (exact) mass is 308 g/mol. The molecule has 4 amide bonds. The minimum atomic E-state index is -0.764.